The largest absolute Gasteiger partial charge is 0.493 e. The summed E-state index contributed by atoms with van der Waals surface area (Å²) in [4.78, 5) is 0. The summed E-state index contributed by atoms with van der Waals surface area (Å²) in [7, 11) is 3.32. The van der Waals surface area contributed by atoms with Crippen molar-refractivity contribution in [3.63, 3.8) is 0 Å². The highest BCUT2D eigenvalue weighted by Crippen LogP contribution is 2.42. The molecule has 112 valence electrons. The Morgan fingerprint density at radius 2 is 2.05 bits per heavy atom. The SMILES string of the molecule is COc1cc(CNCC2(SC)CCC2)cc(Br)c1OC. The van der Waals surface area contributed by atoms with Crippen LogP contribution in [0.3, 0.4) is 0 Å². The lowest BCUT2D eigenvalue weighted by Crippen LogP contribution is -2.43. The van der Waals surface area contributed by atoms with Gasteiger partial charge >= 0.3 is 0 Å². The predicted molar refractivity (Wildman–Crippen MR) is 89.0 cm³/mol. The quantitative estimate of drug-likeness (QED) is 0.800. The highest BCUT2D eigenvalue weighted by Gasteiger charge is 2.35. The minimum Gasteiger partial charge on any atom is -0.493 e. The molecule has 1 aromatic rings. The molecule has 1 aliphatic rings. The molecule has 0 bridgehead atoms. The number of rotatable bonds is 7. The van der Waals surface area contributed by atoms with Gasteiger partial charge < -0.3 is 14.8 Å². The van der Waals surface area contributed by atoms with Gasteiger partial charge in [-0.3, -0.25) is 0 Å². The van der Waals surface area contributed by atoms with Crippen molar-refractivity contribution in [2.45, 2.75) is 30.6 Å². The van der Waals surface area contributed by atoms with Gasteiger partial charge in [-0.15, -0.1) is 0 Å². The van der Waals surface area contributed by atoms with Gasteiger partial charge in [-0.1, -0.05) is 6.42 Å². The van der Waals surface area contributed by atoms with Crippen LogP contribution in [0.2, 0.25) is 0 Å². The molecule has 5 heteroatoms. The third-order valence-corrected chi connectivity index (χ3v) is 5.98. The van der Waals surface area contributed by atoms with Gasteiger partial charge in [0.15, 0.2) is 11.5 Å². The first-order valence-electron chi connectivity index (χ1n) is 6.80. The second-order valence-electron chi connectivity index (χ2n) is 5.16. The van der Waals surface area contributed by atoms with E-state index in [-0.39, 0.29) is 0 Å². The van der Waals surface area contributed by atoms with E-state index in [1.165, 1.54) is 24.8 Å². The zero-order chi connectivity index (χ0) is 14.6. The summed E-state index contributed by atoms with van der Waals surface area (Å²) in [5.74, 6) is 1.51. The number of halogens is 1. The minimum absolute atomic E-state index is 0.466. The molecule has 0 spiro atoms. The van der Waals surface area contributed by atoms with Crippen LogP contribution >= 0.6 is 27.7 Å². The third kappa shape index (κ3) is 3.43. The Labute approximate surface area is 133 Å². The highest BCUT2D eigenvalue weighted by atomic mass is 79.9. The van der Waals surface area contributed by atoms with Gasteiger partial charge in [-0.25, -0.2) is 0 Å². The molecule has 0 aliphatic heterocycles. The topological polar surface area (TPSA) is 30.5 Å². The molecule has 1 saturated carbocycles. The fourth-order valence-electron chi connectivity index (χ4n) is 2.53. The Kier molecular flexibility index (Phi) is 5.64. The second kappa shape index (κ2) is 7.05. The molecule has 0 unspecified atom stereocenters. The summed E-state index contributed by atoms with van der Waals surface area (Å²) in [5, 5.41) is 3.57. The zero-order valence-corrected chi connectivity index (χ0v) is 14.7. The van der Waals surface area contributed by atoms with Crippen LogP contribution in [0.5, 0.6) is 11.5 Å². The number of thioether (sulfide) groups is 1. The molecule has 3 nitrogen and oxygen atoms in total. The van der Waals surface area contributed by atoms with E-state index in [9.17, 15) is 0 Å². The smallest absolute Gasteiger partial charge is 0.174 e. The molecule has 0 amide bonds. The van der Waals surface area contributed by atoms with Crippen LogP contribution in [0.4, 0.5) is 0 Å². The van der Waals surface area contributed by atoms with E-state index >= 15 is 0 Å². The molecule has 1 N–H and O–H groups in total. The average molecular weight is 360 g/mol. The van der Waals surface area contributed by atoms with Crippen molar-refractivity contribution in [1.29, 1.82) is 0 Å². The number of ether oxygens (including phenoxy) is 2. The van der Waals surface area contributed by atoms with Gasteiger partial charge in [0.2, 0.25) is 0 Å². The van der Waals surface area contributed by atoms with Crippen LogP contribution in [0, 0.1) is 0 Å². The fourth-order valence-corrected chi connectivity index (χ4v) is 4.13. The van der Waals surface area contributed by atoms with Gasteiger partial charge in [0.05, 0.1) is 18.7 Å². The van der Waals surface area contributed by atoms with Crippen molar-refractivity contribution >= 4 is 27.7 Å². The second-order valence-corrected chi connectivity index (χ2v) is 7.29. The summed E-state index contributed by atoms with van der Waals surface area (Å²) in [5.41, 5.74) is 1.20. The van der Waals surface area contributed by atoms with E-state index in [0.29, 0.717) is 4.75 Å². The van der Waals surface area contributed by atoms with E-state index in [2.05, 4.69) is 33.6 Å². The van der Waals surface area contributed by atoms with E-state index in [1.807, 2.05) is 17.8 Å². The van der Waals surface area contributed by atoms with Gasteiger partial charge in [0.25, 0.3) is 0 Å². The molecule has 0 saturated heterocycles. The molecule has 1 aromatic carbocycles. The van der Waals surface area contributed by atoms with Crippen LogP contribution in [-0.2, 0) is 6.54 Å². The van der Waals surface area contributed by atoms with Crippen molar-refractivity contribution in [3.05, 3.63) is 22.2 Å². The van der Waals surface area contributed by atoms with E-state index in [0.717, 1.165) is 29.1 Å². The van der Waals surface area contributed by atoms with Crippen LogP contribution < -0.4 is 14.8 Å². The molecule has 0 aromatic heterocycles. The molecule has 20 heavy (non-hydrogen) atoms. The van der Waals surface area contributed by atoms with Gasteiger partial charge in [-0.05, 0) is 52.7 Å². The normalized spacial score (nSPS) is 16.6. The number of nitrogens with one attached hydrogen (secondary N) is 1. The van der Waals surface area contributed by atoms with Crippen LogP contribution in [0.1, 0.15) is 24.8 Å². The van der Waals surface area contributed by atoms with Crippen molar-refractivity contribution in [2.75, 3.05) is 27.0 Å². The Morgan fingerprint density at radius 1 is 1.30 bits per heavy atom. The zero-order valence-electron chi connectivity index (χ0n) is 12.3. The lowest BCUT2D eigenvalue weighted by Gasteiger charge is -2.40. The van der Waals surface area contributed by atoms with Gasteiger partial charge in [0, 0.05) is 17.8 Å². The molecule has 0 heterocycles. The van der Waals surface area contributed by atoms with Crippen LogP contribution in [0.25, 0.3) is 0 Å². The first-order valence-corrected chi connectivity index (χ1v) is 8.82. The van der Waals surface area contributed by atoms with Crippen molar-refractivity contribution in [1.82, 2.24) is 5.32 Å². The maximum atomic E-state index is 5.37. The number of hydrogen-bond acceptors (Lipinski definition) is 4. The molecule has 0 atom stereocenters. The molecule has 2 rings (SSSR count). The van der Waals surface area contributed by atoms with E-state index in [4.69, 9.17) is 9.47 Å². The van der Waals surface area contributed by atoms with E-state index in [1.54, 1.807) is 14.2 Å². The Hall–Kier alpha value is -0.390. The lowest BCUT2D eigenvalue weighted by atomic mass is 9.84. The molecule has 0 radical (unpaired) electrons. The standard InChI is InChI=1S/C15H22BrNO2S/c1-18-13-8-11(7-12(16)14(13)19-2)9-17-10-15(20-3)5-4-6-15/h7-8,17H,4-6,9-10H2,1-3H3. The summed E-state index contributed by atoms with van der Waals surface area (Å²) in [6, 6.07) is 4.12. The number of methoxy groups -OCH3 is 2. The van der Waals surface area contributed by atoms with Gasteiger partial charge in [-0.2, -0.15) is 11.8 Å². The summed E-state index contributed by atoms with van der Waals surface area (Å²) in [6.07, 6.45) is 6.24. The maximum absolute atomic E-state index is 5.37. The molecule has 1 fully saturated rings. The number of hydrogen-bond donors (Lipinski definition) is 1. The minimum atomic E-state index is 0.466. The van der Waals surface area contributed by atoms with Gasteiger partial charge in [0.1, 0.15) is 0 Å². The monoisotopic (exact) mass is 359 g/mol. The molecular weight excluding hydrogens is 338 g/mol. The van der Waals surface area contributed by atoms with Crippen LogP contribution in [0.15, 0.2) is 16.6 Å². The van der Waals surface area contributed by atoms with Crippen molar-refractivity contribution in [2.24, 2.45) is 0 Å². The first kappa shape index (κ1) is 16.0. The predicted octanol–water partition coefficient (Wildman–Crippen LogP) is 3.84. The van der Waals surface area contributed by atoms with Crippen molar-refractivity contribution in [3.8, 4) is 11.5 Å². The average Bonchev–Trinajstić information content (AvgIpc) is 2.41. The van der Waals surface area contributed by atoms with Crippen molar-refractivity contribution < 1.29 is 9.47 Å². The molecular formula is C15H22BrNO2S. The summed E-state index contributed by atoms with van der Waals surface area (Å²) in [6.45, 7) is 1.92. The van der Waals surface area contributed by atoms with E-state index < -0.39 is 0 Å². The van der Waals surface area contributed by atoms with Crippen LogP contribution in [-0.4, -0.2) is 31.8 Å². The third-order valence-electron chi connectivity index (χ3n) is 3.97. The summed E-state index contributed by atoms with van der Waals surface area (Å²) < 4.78 is 12.1. The Morgan fingerprint density at radius 3 is 2.55 bits per heavy atom. The number of benzene rings is 1. The highest BCUT2D eigenvalue weighted by molar-refractivity contribution is 9.10. The lowest BCUT2D eigenvalue weighted by molar-refractivity contribution is 0.344. The Bertz CT molecular complexity index is 458. The maximum Gasteiger partial charge on any atom is 0.174 e. The first-order chi connectivity index (χ1) is 9.64. The fraction of sp³-hybridized carbons (Fsp3) is 0.600. The molecule has 1 aliphatic carbocycles. The Balaban J connectivity index is 1.97. The summed E-state index contributed by atoms with van der Waals surface area (Å²) >= 11 is 5.53.